The summed E-state index contributed by atoms with van der Waals surface area (Å²) in [6.45, 7) is 6.25. The van der Waals surface area contributed by atoms with Crippen LogP contribution in [0.4, 0.5) is 5.82 Å². The average Bonchev–Trinajstić information content (AvgIpc) is 2.72. The second-order valence-electron chi connectivity index (χ2n) is 4.69. The zero-order valence-electron chi connectivity index (χ0n) is 10.9. The van der Waals surface area contributed by atoms with Gasteiger partial charge in [-0.05, 0) is 19.3 Å². The number of halogens is 1. The van der Waals surface area contributed by atoms with Gasteiger partial charge in [-0.1, -0.05) is 13.8 Å². The van der Waals surface area contributed by atoms with Gasteiger partial charge >= 0.3 is 0 Å². The number of aromatic nitrogens is 4. The van der Waals surface area contributed by atoms with E-state index in [4.69, 9.17) is 11.6 Å². The second-order valence-corrected chi connectivity index (χ2v) is 5.07. The first kappa shape index (κ1) is 13.1. The monoisotopic (exact) mass is 267 g/mol. The Morgan fingerprint density at radius 3 is 2.83 bits per heavy atom. The van der Waals surface area contributed by atoms with Crippen LogP contribution in [0.15, 0.2) is 12.4 Å². The Kier molecular flexibility index (Phi) is 4.01. The van der Waals surface area contributed by atoms with E-state index in [0.29, 0.717) is 17.8 Å². The van der Waals surface area contributed by atoms with Gasteiger partial charge in [0.2, 0.25) is 5.65 Å². The van der Waals surface area contributed by atoms with E-state index in [1.807, 2.05) is 17.5 Å². The number of aryl methyl sites for hydroxylation is 1. The fourth-order valence-corrected chi connectivity index (χ4v) is 2.14. The van der Waals surface area contributed by atoms with Gasteiger partial charge in [0.1, 0.15) is 5.82 Å². The summed E-state index contributed by atoms with van der Waals surface area (Å²) in [7, 11) is 0. The van der Waals surface area contributed by atoms with Crippen LogP contribution in [-0.4, -0.2) is 31.5 Å². The summed E-state index contributed by atoms with van der Waals surface area (Å²) in [5.41, 5.74) is 0.759. The Morgan fingerprint density at radius 2 is 2.17 bits per heavy atom. The second kappa shape index (κ2) is 5.52. The van der Waals surface area contributed by atoms with Crippen LogP contribution < -0.4 is 5.32 Å². The van der Waals surface area contributed by atoms with E-state index in [-0.39, 0.29) is 0 Å². The van der Waals surface area contributed by atoms with E-state index in [2.05, 4.69) is 34.3 Å². The third kappa shape index (κ3) is 2.56. The molecule has 2 aromatic heterocycles. The van der Waals surface area contributed by atoms with Crippen LogP contribution in [0.3, 0.4) is 0 Å². The molecular formula is C12H18ClN5. The van der Waals surface area contributed by atoms with Crippen LogP contribution in [0.2, 0.25) is 0 Å². The lowest BCUT2D eigenvalue weighted by molar-refractivity contribution is 0.512. The summed E-state index contributed by atoms with van der Waals surface area (Å²) in [6, 6.07) is 0.290. The predicted octanol–water partition coefficient (Wildman–Crippen LogP) is 2.50. The molecule has 0 aromatic carbocycles. The molecule has 2 aromatic rings. The first-order chi connectivity index (χ1) is 8.63. The number of hydrogen-bond donors (Lipinski definition) is 1. The van der Waals surface area contributed by atoms with Crippen LogP contribution in [0.1, 0.15) is 26.1 Å². The summed E-state index contributed by atoms with van der Waals surface area (Å²) in [6.07, 6.45) is 4.51. The Balaban J connectivity index is 2.30. The average molecular weight is 268 g/mol. The van der Waals surface area contributed by atoms with Crippen molar-refractivity contribution in [3.05, 3.63) is 18.2 Å². The molecule has 0 saturated heterocycles. The van der Waals surface area contributed by atoms with E-state index in [9.17, 15) is 0 Å². The lowest BCUT2D eigenvalue weighted by Gasteiger charge is -2.22. The number of nitrogens with one attached hydrogen (secondary N) is 1. The van der Waals surface area contributed by atoms with Gasteiger partial charge in [0, 0.05) is 24.3 Å². The molecule has 0 bridgehead atoms. The maximum Gasteiger partial charge on any atom is 0.203 e. The maximum atomic E-state index is 5.84. The van der Waals surface area contributed by atoms with Crippen molar-refractivity contribution in [1.29, 1.82) is 0 Å². The normalized spacial score (nSPS) is 13.2. The molecule has 2 rings (SSSR count). The van der Waals surface area contributed by atoms with E-state index in [1.165, 1.54) is 0 Å². The smallest absolute Gasteiger partial charge is 0.203 e. The number of rotatable bonds is 5. The summed E-state index contributed by atoms with van der Waals surface area (Å²) in [5, 5.41) is 11.6. The lowest BCUT2D eigenvalue weighted by atomic mass is 10.0. The third-order valence-corrected chi connectivity index (χ3v) is 3.26. The quantitative estimate of drug-likeness (QED) is 0.846. The van der Waals surface area contributed by atoms with Gasteiger partial charge in [0.25, 0.3) is 0 Å². The van der Waals surface area contributed by atoms with Crippen LogP contribution in [0.25, 0.3) is 5.65 Å². The number of alkyl halides is 1. The molecule has 1 atom stereocenters. The van der Waals surface area contributed by atoms with Crippen molar-refractivity contribution in [3.63, 3.8) is 0 Å². The molecule has 0 saturated carbocycles. The van der Waals surface area contributed by atoms with E-state index in [0.717, 1.165) is 23.7 Å². The summed E-state index contributed by atoms with van der Waals surface area (Å²) in [4.78, 5) is 4.35. The first-order valence-corrected chi connectivity index (χ1v) is 6.65. The van der Waals surface area contributed by atoms with Crippen molar-refractivity contribution >= 4 is 23.1 Å². The molecule has 18 heavy (non-hydrogen) atoms. The van der Waals surface area contributed by atoms with Crippen molar-refractivity contribution in [3.8, 4) is 0 Å². The van der Waals surface area contributed by atoms with Gasteiger partial charge in [0.15, 0.2) is 5.82 Å². The minimum atomic E-state index is 0.290. The molecule has 1 unspecified atom stereocenters. The number of fused-ring (bicyclic) bond motifs is 1. The zero-order chi connectivity index (χ0) is 13.1. The highest BCUT2D eigenvalue weighted by molar-refractivity contribution is 6.17. The predicted molar refractivity (Wildman–Crippen MR) is 73.1 cm³/mol. The molecule has 2 heterocycles. The SMILES string of the molecule is Cc1nnc2c(NC(CCCl)C(C)C)nccn12. The fourth-order valence-electron chi connectivity index (χ4n) is 1.91. The Labute approximate surface area is 112 Å². The first-order valence-electron chi connectivity index (χ1n) is 6.12. The number of nitrogens with zero attached hydrogens (tertiary/aromatic N) is 4. The maximum absolute atomic E-state index is 5.84. The minimum absolute atomic E-state index is 0.290. The molecule has 0 aliphatic heterocycles. The van der Waals surface area contributed by atoms with Crippen molar-refractivity contribution in [2.45, 2.75) is 33.2 Å². The Morgan fingerprint density at radius 1 is 1.39 bits per heavy atom. The van der Waals surface area contributed by atoms with Crippen LogP contribution in [-0.2, 0) is 0 Å². The fraction of sp³-hybridized carbons (Fsp3) is 0.583. The molecule has 0 radical (unpaired) electrons. The van der Waals surface area contributed by atoms with Gasteiger partial charge in [-0.15, -0.1) is 21.8 Å². The van der Waals surface area contributed by atoms with Crippen molar-refractivity contribution < 1.29 is 0 Å². The largest absolute Gasteiger partial charge is 0.364 e. The van der Waals surface area contributed by atoms with Gasteiger partial charge < -0.3 is 5.32 Å². The Bertz CT molecular complexity index is 522. The molecule has 1 N–H and O–H groups in total. The van der Waals surface area contributed by atoms with Crippen molar-refractivity contribution in [2.75, 3.05) is 11.2 Å². The topological polar surface area (TPSA) is 55.1 Å². The third-order valence-electron chi connectivity index (χ3n) is 3.04. The van der Waals surface area contributed by atoms with Crippen LogP contribution >= 0.6 is 11.6 Å². The van der Waals surface area contributed by atoms with Gasteiger partial charge in [-0.2, -0.15) is 0 Å². The summed E-state index contributed by atoms with van der Waals surface area (Å²) in [5.74, 6) is 2.73. The number of anilines is 1. The highest BCUT2D eigenvalue weighted by atomic mass is 35.5. The van der Waals surface area contributed by atoms with E-state index in [1.54, 1.807) is 6.20 Å². The molecular weight excluding hydrogens is 250 g/mol. The molecule has 0 fully saturated rings. The van der Waals surface area contributed by atoms with Crippen molar-refractivity contribution in [1.82, 2.24) is 19.6 Å². The van der Waals surface area contributed by atoms with Gasteiger partial charge in [0.05, 0.1) is 0 Å². The van der Waals surface area contributed by atoms with E-state index >= 15 is 0 Å². The highest BCUT2D eigenvalue weighted by Gasteiger charge is 2.16. The standard InChI is InChI=1S/C12H18ClN5/c1-8(2)10(4-5-13)15-11-12-17-16-9(3)18(12)7-6-14-11/h6-8,10H,4-5H2,1-3H3,(H,14,15). The van der Waals surface area contributed by atoms with E-state index < -0.39 is 0 Å². The molecule has 0 aliphatic rings. The molecule has 0 spiro atoms. The molecule has 0 amide bonds. The zero-order valence-corrected chi connectivity index (χ0v) is 11.6. The Hall–Kier alpha value is -1.36. The molecule has 6 heteroatoms. The number of hydrogen-bond acceptors (Lipinski definition) is 4. The summed E-state index contributed by atoms with van der Waals surface area (Å²) < 4.78 is 1.92. The summed E-state index contributed by atoms with van der Waals surface area (Å²) >= 11 is 5.84. The van der Waals surface area contributed by atoms with Crippen molar-refractivity contribution in [2.24, 2.45) is 5.92 Å². The molecule has 0 aliphatic carbocycles. The van der Waals surface area contributed by atoms with Crippen LogP contribution in [0.5, 0.6) is 0 Å². The minimum Gasteiger partial charge on any atom is -0.364 e. The molecule has 98 valence electrons. The van der Waals surface area contributed by atoms with Crippen LogP contribution in [0, 0.1) is 12.8 Å². The van der Waals surface area contributed by atoms with Gasteiger partial charge in [-0.3, -0.25) is 4.40 Å². The highest BCUT2D eigenvalue weighted by Crippen LogP contribution is 2.17. The molecule has 5 nitrogen and oxygen atoms in total. The lowest BCUT2D eigenvalue weighted by Crippen LogP contribution is -2.27. The van der Waals surface area contributed by atoms with Gasteiger partial charge in [-0.25, -0.2) is 4.98 Å².